The highest BCUT2D eigenvalue weighted by atomic mass is 15.1. The summed E-state index contributed by atoms with van der Waals surface area (Å²) < 4.78 is 0. The number of benzene rings is 2. The minimum absolute atomic E-state index is 0.899. The van der Waals surface area contributed by atoms with Gasteiger partial charge in [0.1, 0.15) is 0 Å². The average Bonchev–Trinajstić information content (AvgIpc) is 2.53. The van der Waals surface area contributed by atoms with Crippen LogP contribution in [-0.2, 0) is 0 Å². The molecule has 1 aliphatic rings. The van der Waals surface area contributed by atoms with Gasteiger partial charge in [0.05, 0.1) is 0 Å². The van der Waals surface area contributed by atoms with Gasteiger partial charge in [-0.1, -0.05) is 24.0 Å². The van der Waals surface area contributed by atoms with Crippen LogP contribution in [0.5, 0.6) is 0 Å². The van der Waals surface area contributed by atoms with Crippen molar-refractivity contribution in [2.24, 2.45) is 0 Å². The normalized spacial score (nSPS) is 11.9. The van der Waals surface area contributed by atoms with Gasteiger partial charge in [0.2, 0.25) is 0 Å². The van der Waals surface area contributed by atoms with E-state index in [1.54, 1.807) is 0 Å². The molecule has 0 spiro atoms. The first-order valence-electron chi connectivity index (χ1n) is 7.06. The molecule has 0 bridgehead atoms. The van der Waals surface area contributed by atoms with Gasteiger partial charge < -0.3 is 10.2 Å². The number of nitrogens with one attached hydrogen (secondary N) is 1. The molecule has 2 heteroatoms. The van der Waals surface area contributed by atoms with Crippen molar-refractivity contribution < 1.29 is 0 Å². The third-order valence-electron chi connectivity index (χ3n) is 3.49. The zero-order valence-corrected chi connectivity index (χ0v) is 12.4. The quantitative estimate of drug-likeness (QED) is 0.799. The summed E-state index contributed by atoms with van der Waals surface area (Å²) in [5.74, 6) is 6.46. The minimum Gasteiger partial charge on any atom is -0.381 e. The molecule has 2 aromatic rings. The highest BCUT2D eigenvalue weighted by Crippen LogP contribution is 2.21. The molecule has 2 nitrogen and oxygen atoms in total. The van der Waals surface area contributed by atoms with Crippen LogP contribution in [0.3, 0.4) is 0 Å². The summed E-state index contributed by atoms with van der Waals surface area (Å²) in [5, 5.41) is 3.34. The number of anilines is 2. The predicted molar refractivity (Wildman–Crippen MR) is 90.7 cm³/mol. The molecule has 21 heavy (non-hydrogen) atoms. The Kier molecular flexibility index (Phi) is 3.66. The molecule has 0 radical (unpaired) electrons. The Hall–Kier alpha value is -2.66. The van der Waals surface area contributed by atoms with Gasteiger partial charge in [-0.2, -0.15) is 0 Å². The molecule has 0 atom stereocenters. The van der Waals surface area contributed by atoms with Crippen LogP contribution in [0.15, 0.2) is 48.5 Å². The maximum atomic E-state index is 3.34. The molecule has 0 aliphatic carbocycles. The number of fused-ring (bicyclic) bond motifs is 1. The summed E-state index contributed by atoms with van der Waals surface area (Å²) in [5.41, 5.74) is 5.64. The lowest BCUT2D eigenvalue weighted by Gasteiger charge is -2.12. The largest absolute Gasteiger partial charge is 0.381 e. The van der Waals surface area contributed by atoms with Gasteiger partial charge in [0, 0.05) is 43.1 Å². The molecule has 0 amide bonds. The third-order valence-corrected chi connectivity index (χ3v) is 3.49. The Morgan fingerprint density at radius 1 is 0.952 bits per heavy atom. The highest BCUT2D eigenvalue weighted by molar-refractivity contribution is 5.71. The van der Waals surface area contributed by atoms with Crippen LogP contribution in [0.1, 0.15) is 16.7 Å². The van der Waals surface area contributed by atoms with Gasteiger partial charge in [0.25, 0.3) is 0 Å². The number of hydrogen-bond acceptors (Lipinski definition) is 2. The first-order valence-corrected chi connectivity index (χ1v) is 7.06. The maximum Gasteiger partial charge on any atom is 0.0417 e. The smallest absolute Gasteiger partial charge is 0.0417 e. The first-order chi connectivity index (χ1) is 10.2. The molecule has 0 fully saturated rings. The van der Waals surface area contributed by atoms with Gasteiger partial charge in [-0.3, -0.25) is 0 Å². The second kappa shape index (κ2) is 5.76. The second-order valence-corrected chi connectivity index (χ2v) is 5.28. The molecule has 1 N–H and O–H groups in total. The molecule has 1 heterocycles. The Morgan fingerprint density at radius 3 is 2.43 bits per heavy atom. The highest BCUT2D eigenvalue weighted by Gasteiger charge is 2.02. The topological polar surface area (TPSA) is 15.3 Å². The molecular formula is C19H18N2. The monoisotopic (exact) mass is 274 g/mol. The predicted octanol–water partition coefficient (Wildman–Crippen LogP) is 3.59. The Balaban J connectivity index is 1.83. The van der Waals surface area contributed by atoms with E-state index in [-0.39, 0.29) is 0 Å². The lowest BCUT2D eigenvalue weighted by Crippen LogP contribution is -2.07. The van der Waals surface area contributed by atoms with Crippen molar-refractivity contribution in [3.05, 3.63) is 65.2 Å². The third kappa shape index (κ3) is 3.09. The van der Waals surface area contributed by atoms with E-state index in [1.165, 1.54) is 16.9 Å². The van der Waals surface area contributed by atoms with Crippen LogP contribution in [-0.4, -0.2) is 20.6 Å². The van der Waals surface area contributed by atoms with Gasteiger partial charge >= 0.3 is 0 Å². The fourth-order valence-corrected chi connectivity index (χ4v) is 2.28. The summed E-state index contributed by atoms with van der Waals surface area (Å²) in [6.45, 7) is 0.899. The lowest BCUT2D eigenvalue weighted by atomic mass is 10.1. The zero-order valence-electron chi connectivity index (χ0n) is 12.4. The SMILES string of the molecule is CN(C)c1ccc(C#Cc2ccc3c(c2)C=CCN3)cc1. The van der Waals surface area contributed by atoms with Crippen molar-refractivity contribution in [3.8, 4) is 11.8 Å². The Labute approximate surface area is 126 Å². The van der Waals surface area contributed by atoms with Gasteiger partial charge in [-0.05, 0) is 48.0 Å². The van der Waals surface area contributed by atoms with Crippen LogP contribution in [0, 0.1) is 11.8 Å². The van der Waals surface area contributed by atoms with E-state index in [1.807, 2.05) is 14.1 Å². The second-order valence-electron chi connectivity index (χ2n) is 5.28. The van der Waals surface area contributed by atoms with E-state index in [4.69, 9.17) is 0 Å². The number of rotatable bonds is 1. The van der Waals surface area contributed by atoms with E-state index < -0.39 is 0 Å². The first kappa shape index (κ1) is 13.3. The van der Waals surface area contributed by atoms with Gasteiger partial charge in [-0.15, -0.1) is 0 Å². The van der Waals surface area contributed by atoms with Crippen LogP contribution >= 0.6 is 0 Å². The van der Waals surface area contributed by atoms with Crippen molar-refractivity contribution in [2.75, 3.05) is 30.9 Å². The molecule has 3 rings (SSSR count). The summed E-state index contributed by atoms with van der Waals surface area (Å²) >= 11 is 0. The maximum absolute atomic E-state index is 3.34. The number of hydrogen-bond donors (Lipinski definition) is 1. The lowest BCUT2D eigenvalue weighted by molar-refractivity contribution is 1.13. The van der Waals surface area contributed by atoms with Crippen molar-refractivity contribution in [3.63, 3.8) is 0 Å². The fraction of sp³-hybridized carbons (Fsp3) is 0.158. The molecule has 0 saturated carbocycles. The zero-order chi connectivity index (χ0) is 14.7. The van der Waals surface area contributed by atoms with Crippen LogP contribution in [0.25, 0.3) is 6.08 Å². The Bertz CT molecular complexity index is 728. The molecule has 0 saturated heterocycles. The molecule has 2 aromatic carbocycles. The van der Waals surface area contributed by atoms with Crippen molar-refractivity contribution in [1.29, 1.82) is 0 Å². The summed E-state index contributed by atoms with van der Waals surface area (Å²) in [7, 11) is 4.07. The van der Waals surface area contributed by atoms with Crippen molar-refractivity contribution >= 4 is 17.5 Å². The standard InChI is InChI=1S/C19H18N2/c1-21(2)18-10-7-15(8-11-18)5-6-16-9-12-19-17(14-16)4-3-13-20-19/h3-4,7-12,14,20H,13H2,1-2H3. The van der Waals surface area contributed by atoms with Gasteiger partial charge in [0.15, 0.2) is 0 Å². The summed E-state index contributed by atoms with van der Waals surface area (Å²) in [6.07, 6.45) is 4.27. The molecule has 0 aromatic heterocycles. The van der Waals surface area contributed by atoms with Crippen LogP contribution < -0.4 is 10.2 Å². The van der Waals surface area contributed by atoms with Crippen molar-refractivity contribution in [2.45, 2.75) is 0 Å². The van der Waals surface area contributed by atoms with E-state index >= 15 is 0 Å². The van der Waals surface area contributed by atoms with Crippen LogP contribution in [0.4, 0.5) is 11.4 Å². The van der Waals surface area contributed by atoms with Crippen LogP contribution in [0.2, 0.25) is 0 Å². The van der Waals surface area contributed by atoms with E-state index in [2.05, 4.69) is 76.7 Å². The minimum atomic E-state index is 0.899. The molecule has 104 valence electrons. The van der Waals surface area contributed by atoms with Gasteiger partial charge in [-0.25, -0.2) is 0 Å². The summed E-state index contributed by atoms with van der Waals surface area (Å²) in [4.78, 5) is 2.08. The molecular weight excluding hydrogens is 256 g/mol. The average molecular weight is 274 g/mol. The molecule has 1 aliphatic heterocycles. The van der Waals surface area contributed by atoms with E-state index in [9.17, 15) is 0 Å². The number of nitrogens with zero attached hydrogens (tertiary/aromatic N) is 1. The fourth-order valence-electron chi connectivity index (χ4n) is 2.28. The summed E-state index contributed by atoms with van der Waals surface area (Å²) in [6, 6.07) is 14.6. The van der Waals surface area contributed by atoms with Crippen molar-refractivity contribution in [1.82, 2.24) is 0 Å². The van der Waals surface area contributed by atoms with E-state index in [0.29, 0.717) is 0 Å². The molecule has 0 unspecified atom stereocenters. The van der Waals surface area contributed by atoms with E-state index in [0.717, 1.165) is 17.7 Å². The Morgan fingerprint density at radius 2 is 1.67 bits per heavy atom.